The smallest absolute Gasteiger partial charge is 0.221 e. The molecule has 0 aliphatic carbocycles. The molecule has 1 atom stereocenters. The molecule has 0 spiro atoms. The second kappa shape index (κ2) is 5.10. The molecule has 0 bridgehead atoms. The van der Waals surface area contributed by atoms with Crippen molar-refractivity contribution >= 4 is 21.8 Å². The summed E-state index contributed by atoms with van der Waals surface area (Å²) in [5.41, 5.74) is -0.0151. The largest absolute Gasteiger partial charge is 0.354 e. The van der Waals surface area contributed by atoms with Gasteiger partial charge in [0.05, 0.1) is 4.47 Å². The summed E-state index contributed by atoms with van der Waals surface area (Å²) in [4.78, 5) is 10.9. The molecule has 1 saturated heterocycles. The van der Waals surface area contributed by atoms with E-state index in [0.717, 1.165) is 0 Å². The van der Waals surface area contributed by atoms with Crippen LogP contribution < -0.4 is 10.6 Å². The first-order valence-electron chi connectivity index (χ1n) is 5.20. The van der Waals surface area contributed by atoms with Crippen molar-refractivity contribution < 1.29 is 13.6 Å². The Morgan fingerprint density at radius 1 is 1.47 bits per heavy atom. The van der Waals surface area contributed by atoms with E-state index in [9.17, 15) is 13.6 Å². The number of halogens is 3. The van der Waals surface area contributed by atoms with Crippen LogP contribution in [0.2, 0.25) is 0 Å². The van der Waals surface area contributed by atoms with Gasteiger partial charge in [0.1, 0.15) is 11.6 Å². The second-order valence-corrected chi connectivity index (χ2v) is 4.76. The lowest BCUT2D eigenvalue weighted by Crippen LogP contribution is -2.31. The van der Waals surface area contributed by atoms with E-state index in [2.05, 4.69) is 26.6 Å². The Balaban J connectivity index is 2.04. The van der Waals surface area contributed by atoms with E-state index in [0.29, 0.717) is 13.0 Å². The van der Waals surface area contributed by atoms with Crippen LogP contribution >= 0.6 is 15.9 Å². The van der Waals surface area contributed by atoms with E-state index >= 15 is 0 Å². The van der Waals surface area contributed by atoms with Crippen LogP contribution in [0.15, 0.2) is 16.6 Å². The number of rotatable bonds is 3. The maximum Gasteiger partial charge on any atom is 0.221 e. The van der Waals surface area contributed by atoms with Crippen molar-refractivity contribution in [1.29, 1.82) is 0 Å². The lowest BCUT2D eigenvalue weighted by molar-refractivity contribution is -0.119. The van der Waals surface area contributed by atoms with Crippen molar-refractivity contribution in [2.45, 2.75) is 19.0 Å². The molecular formula is C11H11BrF2N2O. The van der Waals surface area contributed by atoms with Crippen molar-refractivity contribution in [3.63, 3.8) is 0 Å². The van der Waals surface area contributed by atoms with Gasteiger partial charge in [0.2, 0.25) is 5.91 Å². The minimum absolute atomic E-state index is 0.0151. The first-order valence-corrected chi connectivity index (χ1v) is 5.99. The molecular weight excluding hydrogens is 294 g/mol. The van der Waals surface area contributed by atoms with Gasteiger partial charge in [-0.1, -0.05) is 0 Å². The fourth-order valence-corrected chi connectivity index (χ4v) is 2.10. The Hall–Kier alpha value is -1.01. The lowest BCUT2D eigenvalue weighted by Gasteiger charge is -2.12. The third kappa shape index (κ3) is 2.81. The van der Waals surface area contributed by atoms with Gasteiger partial charge in [-0.25, -0.2) is 8.78 Å². The minimum atomic E-state index is -0.602. The van der Waals surface area contributed by atoms with Gasteiger partial charge in [0.15, 0.2) is 0 Å². The molecule has 1 aromatic carbocycles. The Morgan fingerprint density at radius 2 is 2.24 bits per heavy atom. The normalized spacial score (nSPS) is 19.5. The van der Waals surface area contributed by atoms with E-state index < -0.39 is 11.6 Å². The van der Waals surface area contributed by atoms with Crippen LogP contribution in [-0.4, -0.2) is 18.5 Å². The summed E-state index contributed by atoms with van der Waals surface area (Å²) < 4.78 is 27.2. The molecule has 17 heavy (non-hydrogen) atoms. The van der Waals surface area contributed by atoms with Crippen LogP contribution in [-0.2, 0) is 11.3 Å². The van der Waals surface area contributed by atoms with Crippen LogP contribution in [0.3, 0.4) is 0 Å². The molecule has 92 valence electrons. The van der Waals surface area contributed by atoms with Crippen molar-refractivity contribution in [3.05, 3.63) is 33.8 Å². The number of amides is 1. The number of carbonyl (C=O) groups excluding carboxylic acids is 1. The van der Waals surface area contributed by atoms with E-state index in [1.54, 1.807) is 0 Å². The summed E-state index contributed by atoms with van der Waals surface area (Å²) in [6, 6.07) is 2.47. The number of nitrogens with one attached hydrogen (secondary N) is 2. The average Bonchev–Trinajstić information content (AvgIpc) is 2.70. The second-order valence-electron chi connectivity index (χ2n) is 3.91. The molecule has 0 radical (unpaired) electrons. The van der Waals surface area contributed by atoms with Gasteiger partial charge in [0, 0.05) is 31.1 Å². The van der Waals surface area contributed by atoms with E-state index in [1.807, 2.05) is 0 Å². The predicted molar refractivity (Wildman–Crippen MR) is 62.3 cm³/mol. The van der Waals surface area contributed by atoms with E-state index in [-0.39, 0.29) is 28.5 Å². The summed E-state index contributed by atoms with van der Waals surface area (Å²) >= 11 is 3.01. The Labute approximate surface area is 106 Å². The highest BCUT2D eigenvalue weighted by atomic mass is 79.9. The minimum Gasteiger partial charge on any atom is -0.354 e. The monoisotopic (exact) mass is 304 g/mol. The van der Waals surface area contributed by atoms with Gasteiger partial charge in [-0.15, -0.1) is 0 Å². The first-order chi connectivity index (χ1) is 8.08. The SMILES string of the molecule is O=C1CC(NCc2c(F)ccc(Br)c2F)CN1. The molecule has 1 aliphatic heterocycles. The van der Waals surface area contributed by atoms with Crippen LogP contribution in [0.5, 0.6) is 0 Å². The van der Waals surface area contributed by atoms with Crippen LogP contribution in [0.1, 0.15) is 12.0 Å². The Kier molecular flexibility index (Phi) is 3.73. The quantitative estimate of drug-likeness (QED) is 0.835. The molecule has 1 aromatic rings. The Bertz CT molecular complexity index is 453. The zero-order valence-corrected chi connectivity index (χ0v) is 10.5. The van der Waals surface area contributed by atoms with Gasteiger partial charge < -0.3 is 10.6 Å². The van der Waals surface area contributed by atoms with Crippen LogP contribution in [0.4, 0.5) is 8.78 Å². The lowest BCUT2D eigenvalue weighted by atomic mass is 10.1. The van der Waals surface area contributed by atoms with Gasteiger partial charge in [-0.05, 0) is 28.1 Å². The highest BCUT2D eigenvalue weighted by Crippen LogP contribution is 2.21. The van der Waals surface area contributed by atoms with Crippen molar-refractivity contribution in [3.8, 4) is 0 Å². The van der Waals surface area contributed by atoms with Crippen molar-refractivity contribution in [1.82, 2.24) is 10.6 Å². The number of hydrogen-bond donors (Lipinski definition) is 2. The molecule has 2 rings (SSSR count). The van der Waals surface area contributed by atoms with Gasteiger partial charge in [-0.3, -0.25) is 4.79 Å². The van der Waals surface area contributed by atoms with Gasteiger partial charge >= 0.3 is 0 Å². The summed E-state index contributed by atoms with van der Waals surface area (Å²) in [5, 5.41) is 5.60. The third-order valence-electron chi connectivity index (χ3n) is 2.68. The molecule has 1 fully saturated rings. The number of hydrogen-bond acceptors (Lipinski definition) is 2. The summed E-state index contributed by atoms with van der Waals surface area (Å²) in [6.07, 6.45) is 0.344. The standard InChI is InChI=1S/C11H11BrF2N2O/c12-8-1-2-9(13)7(11(8)14)5-15-6-3-10(17)16-4-6/h1-2,6,15H,3-5H2,(H,16,17). The zero-order valence-electron chi connectivity index (χ0n) is 8.90. The molecule has 1 unspecified atom stereocenters. The number of benzene rings is 1. The summed E-state index contributed by atoms with van der Waals surface area (Å²) in [7, 11) is 0. The molecule has 1 aliphatic rings. The average molecular weight is 305 g/mol. The van der Waals surface area contributed by atoms with Crippen molar-refractivity contribution in [2.24, 2.45) is 0 Å². The predicted octanol–water partition coefficient (Wildman–Crippen LogP) is 1.71. The molecule has 0 aromatic heterocycles. The highest BCUT2D eigenvalue weighted by molar-refractivity contribution is 9.10. The molecule has 6 heteroatoms. The Morgan fingerprint density at radius 3 is 2.88 bits per heavy atom. The summed E-state index contributed by atoms with van der Waals surface area (Å²) in [5.74, 6) is -1.23. The maximum absolute atomic E-state index is 13.6. The third-order valence-corrected chi connectivity index (χ3v) is 3.30. The summed E-state index contributed by atoms with van der Waals surface area (Å²) in [6.45, 7) is 0.562. The zero-order chi connectivity index (χ0) is 12.4. The fourth-order valence-electron chi connectivity index (χ4n) is 1.73. The molecule has 3 nitrogen and oxygen atoms in total. The van der Waals surface area contributed by atoms with E-state index in [1.165, 1.54) is 12.1 Å². The van der Waals surface area contributed by atoms with Crippen molar-refractivity contribution in [2.75, 3.05) is 6.54 Å². The molecule has 2 N–H and O–H groups in total. The van der Waals surface area contributed by atoms with Crippen LogP contribution in [0, 0.1) is 11.6 Å². The maximum atomic E-state index is 13.6. The molecule has 0 saturated carbocycles. The molecule has 1 heterocycles. The topological polar surface area (TPSA) is 41.1 Å². The van der Waals surface area contributed by atoms with Gasteiger partial charge in [-0.2, -0.15) is 0 Å². The van der Waals surface area contributed by atoms with Gasteiger partial charge in [0.25, 0.3) is 0 Å². The fraction of sp³-hybridized carbons (Fsp3) is 0.364. The highest BCUT2D eigenvalue weighted by Gasteiger charge is 2.21. The van der Waals surface area contributed by atoms with Crippen LogP contribution in [0.25, 0.3) is 0 Å². The number of carbonyl (C=O) groups is 1. The first kappa shape index (κ1) is 12.4. The molecule has 1 amide bonds. The van der Waals surface area contributed by atoms with E-state index in [4.69, 9.17) is 0 Å².